The Hall–Kier alpha value is -1.53. The quantitative estimate of drug-likeness (QED) is 0.772. The van der Waals surface area contributed by atoms with Crippen molar-refractivity contribution in [2.75, 3.05) is 0 Å². The van der Waals surface area contributed by atoms with Crippen molar-refractivity contribution in [1.82, 2.24) is 0 Å². The van der Waals surface area contributed by atoms with Gasteiger partial charge in [-0.05, 0) is 39.9 Å². The van der Waals surface area contributed by atoms with E-state index in [2.05, 4.69) is 23.8 Å². The van der Waals surface area contributed by atoms with E-state index in [1.807, 2.05) is 18.2 Å². The smallest absolute Gasteiger partial charge is 0.150 e. The first-order valence-electron chi connectivity index (χ1n) is 8.28. The maximum Gasteiger partial charge on any atom is 0.150 e. The zero-order valence-corrected chi connectivity index (χ0v) is 14.3. The summed E-state index contributed by atoms with van der Waals surface area (Å²) < 4.78 is 18.5. The van der Waals surface area contributed by atoms with Gasteiger partial charge in [0.2, 0.25) is 0 Å². The van der Waals surface area contributed by atoms with Crippen molar-refractivity contribution in [3.8, 4) is 0 Å². The van der Waals surface area contributed by atoms with E-state index in [0.29, 0.717) is 18.8 Å². The van der Waals surface area contributed by atoms with Crippen molar-refractivity contribution in [3.63, 3.8) is 0 Å². The molecular formula is C19H20O4S. The van der Waals surface area contributed by atoms with Crippen LogP contribution in [0.1, 0.15) is 46.5 Å². The molecule has 0 N–H and O–H groups in total. The van der Waals surface area contributed by atoms with E-state index in [9.17, 15) is 4.79 Å². The third-order valence-electron chi connectivity index (χ3n) is 4.84. The molecule has 1 saturated heterocycles. The lowest BCUT2D eigenvalue weighted by molar-refractivity contribution is -0.0861. The van der Waals surface area contributed by atoms with Crippen LogP contribution in [0.4, 0.5) is 0 Å². The van der Waals surface area contributed by atoms with Crippen molar-refractivity contribution in [2.45, 2.75) is 51.0 Å². The molecular weight excluding hydrogens is 324 g/mol. The number of aldehydes is 1. The topological polar surface area (TPSA) is 44.8 Å². The minimum atomic E-state index is -0.161. The number of carbonyl (C=O) groups excluding carboxylic acids is 1. The van der Waals surface area contributed by atoms with Gasteiger partial charge < -0.3 is 14.2 Å². The van der Waals surface area contributed by atoms with Crippen LogP contribution in [0.15, 0.2) is 35.0 Å². The highest BCUT2D eigenvalue weighted by atomic mass is 32.1. The Morgan fingerprint density at radius 3 is 3.04 bits per heavy atom. The molecule has 5 heteroatoms. The molecule has 0 radical (unpaired) electrons. The van der Waals surface area contributed by atoms with Gasteiger partial charge in [-0.1, -0.05) is 25.1 Å². The maximum absolute atomic E-state index is 11.3. The Labute approximate surface area is 145 Å². The van der Waals surface area contributed by atoms with Gasteiger partial charge in [0.05, 0.1) is 19.3 Å². The Kier molecular flexibility index (Phi) is 4.50. The van der Waals surface area contributed by atoms with Crippen molar-refractivity contribution < 1.29 is 19.0 Å². The average Bonchev–Trinajstić information content (AvgIpc) is 3.26. The van der Waals surface area contributed by atoms with Gasteiger partial charge in [-0.15, -0.1) is 0 Å². The van der Waals surface area contributed by atoms with Crippen LogP contribution in [-0.4, -0.2) is 24.6 Å². The first-order valence-corrected chi connectivity index (χ1v) is 9.22. The molecule has 0 saturated carbocycles. The predicted octanol–water partition coefficient (Wildman–Crippen LogP) is 3.89. The monoisotopic (exact) mass is 344 g/mol. The molecule has 0 spiro atoms. The first kappa shape index (κ1) is 16.0. The summed E-state index contributed by atoms with van der Waals surface area (Å²) in [6, 6.07) is 7.85. The summed E-state index contributed by atoms with van der Waals surface area (Å²) >= 11 is 1.67. The second kappa shape index (κ2) is 6.76. The van der Waals surface area contributed by atoms with Crippen LogP contribution in [0.2, 0.25) is 0 Å². The van der Waals surface area contributed by atoms with E-state index in [4.69, 9.17) is 14.2 Å². The highest BCUT2D eigenvalue weighted by Crippen LogP contribution is 2.43. The average molecular weight is 344 g/mol. The molecule has 1 fully saturated rings. The fourth-order valence-electron chi connectivity index (χ4n) is 3.60. The summed E-state index contributed by atoms with van der Waals surface area (Å²) in [5.74, 6) is 0. The number of hydrogen-bond acceptors (Lipinski definition) is 5. The number of thiophene rings is 1. The molecule has 4 rings (SSSR count). The van der Waals surface area contributed by atoms with Crippen LogP contribution in [0.5, 0.6) is 0 Å². The highest BCUT2D eigenvalue weighted by Gasteiger charge is 2.48. The Morgan fingerprint density at radius 1 is 1.38 bits per heavy atom. The molecule has 0 amide bonds. The lowest BCUT2D eigenvalue weighted by Gasteiger charge is -2.30. The lowest BCUT2D eigenvalue weighted by Crippen LogP contribution is -2.37. The molecule has 3 heterocycles. The summed E-state index contributed by atoms with van der Waals surface area (Å²) in [7, 11) is 0. The second-order valence-electron chi connectivity index (χ2n) is 6.22. The molecule has 1 aromatic carbocycles. The molecule has 4 nitrogen and oxygen atoms in total. The number of hydrogen-bond donors (Lipinski definition) is 0. The van der Waals surface area contributed by atoms with Gasteiger partial charge in [0.25, 0.3) is 0 Å². The van der Waals surface area contributed by atoms with E-state index in [0.717, 1.165) is 23.8 Å². The third kappa shape index (κ3) is 2.71. The number of ether oxygens (including phenoxy) is 3. The van der Waals surface area contributed by atoms with Crippen molar-refractivity contribution >= 4 is 17.6 Å². The number of carbonyl (C=O) groups is 1. The third-order valence-corrected chi connectivity index (χ3v) is 5.57. The van der Waals surface area contributed by atoms with E-state index >= 15 is 0 Å². The maximum atomic E-state index is 11.3. The van der Waals surface area contributed by atoms with E-state index < -0.39 is 0 Å². The van der Waals surface area contributed by atoms with Crippen LogP contribution >= 0.6 is 11.3 Å². The molecule has 4 atom stereocenters. The minimum Gasteiger partial charge on any atom is -0.368 e. The molecule has 2 aliphatic rings. The zero-order chi connectivity index (χ0) is 16.5. The Balaban J connectivity index is 1.58. The number of rotatable bonds is 5. The first-order chi connectivity index (χ1) is 11.8. The molecule has 2 aromatic rings. The van der Waals surface area contributed by atoms with Gasteiger partial charge in [-0.25, -0.2) is 0 Å². The van der Waals surface area contributed by atoms with Gasteiger partial charge in [-0.3, -0.25) is 4.79 Å². The van der Waals surface area contributed by atoms with E-state index in [1.165, 1.54) is 5.56 Å². The Morgan fingerprint density at radius 2 is 2.29 bits per heavy atom. The molecule has 0 unspecified atom stereocenters. The molecule has 2 aliphatic heterocycles. The molecule has 0 bridgehead atoms. The van der Waals surface area contributed by atoms with Gasteiger partial charge in [0.15, 0.2) is 0 Å². The van der Waals surface area contributed by atoms with E-state index in [1.54, 1.807) is 11.3 Å². The van der Waals surface area contributed by atoms with Crippen LogP contribution in [0, 0.1) is 0 Å². The highest BCUT2D eigenvalue weighted by molar-refractivity contribution is 7.07. The van der Waals surface area contributed by atoms with Gasteiger partial charge in [0.1, 0.15) is 24.6 Å². The summed E-state index contributed by atoms with van der Waals surface area (Å²) in [5, 5.41) is 4.15. The number of benzene rings is 1. The second-order valence-corrected chi connectivity index (χ2v) is 7.00. The lowest BCUT2D eigenvalue weighted by atomic mass is 9.91. The normalized spacial score (nSPS) is 28.4. The fourth-order valence-corrected chi connectivity index (χ4v) is 4.26. The predicted molar refractivity (Wildman–Crippen MR) is 91.2 cm³/mol. The minimum absolute atomic E-state index is 0.00414. The SMILES string of the molecule is CC[C@H]1O[C@@H]2c3cccc(C=O)c3CO[C@@H]2[C@H]1OCc1ccsc1. The van der Waals surface area contributed by atoms with Gasteiger partial charge >= 0.3 is 0 Å². The largest absolute Gasteiger partial charge is 0.368 e. The van der Waals surface area contributed by atoms with Crippen molar-refractivity contribution in [3.05, 3.63) is 57.3 Å². The molecule has 126 valence electrons. The van der Waals surface area contributed by atoms with Crippen molar-refractivity contribution in [2.24, 2.45) is 0 Å². The summed E-state index contributed by atoms with van der Waals surface area (Å²) in [6.07, 6.45) is 1.39. The molecule has 24 heavy (non-hydrogen) atoms. The number of fused-ring (bicyclic) bond motifs is 3. The molecule has 1 aromatic heterocycles. The van der Waals surface area contributed by atoms with Crippen LogP contribution < -0.4 is 0 Å². The summed E-state index contributed by atoms with van der Waals surface area (Å²) in [5.41, 5.74) is 3.88. The van der Waals surface area contributed by atoms with Crippen LogP contribution in [0.3, 0.4) is 0 Å². The standard InChI is InChI=1S/C19H20O4S/c1-2-16-18(21-9-12-6-7-24-11-12)19-17(23-16)14-5-3-4-13(8-20)15(14)10-22-19/h3-8,11,16-19H,2,9-10H2,1H3/t16-,17-,18+,19+/m1/s1. The Bertz CT molecular complexity index is 712. The van der Waals surface area contributed by atoms with Crippen molar-refractivity contribution in [1.29, 1.82) is 0 Å². The van der Waals surface area contributed by atoms with Gasteiger partial charge in [0, 0.05) is 5.56 Å². The van der Waals surface area contributed by atoms with Crippen LogP contribution in [0.25, 0.3) is 0 Å². The van der Waals surface area contributed by atoms with Gasteiger partial charge in [-0.2, -0.15) is 11.3 Å². The summed E-state index contributed by atoms with van der Waals surface area (Å²) in [4.78, 5) is 11.3. The summed E-state index contributed by atoms with van der Waals surface area (Å²) in [6.45, 7) is 3.11. The fraction of sp³-hybridized carbons (Fsp3) is 0.421. The van der Waals surface area contributed by atoms with E-state index in [-0.39, 0.29) is 24.4 Å². The van der Waals surface area contributed by atoms with Crippen LogP contribution in [-0.2, 0) is 27.4 Å². The molecule has 0 aliphatic carbocycles. The zero-order valence-electron chi connectivity index (χ0n) is 13.5.